The average molecular weight is 331 g/mol. The molecule has 1 saturated heterocycles. The number of ether oxygens (including phenoxy) is 1. The minimum absolute atomic E-state index is 0.218. The number of fused-ring (bicyclic) bond motifs is 1. The number of benzene rings is 1. The molecule has 2 aromatic rings. The molecule has 1 aliphatic rings. The van der Waals surface area contributed by atoms with Gasteiger partial charge < -0.3 is 19.6 Å². The van der Waals surface area contributed by atoms with E-state index in [0.29, 0.717) is 29.7 Å². The molecular weight excluding hydrogens is 310 g/mol. The third-order valence-corrected chi connectivity index (χ3v) is 4.51. The van der Waals surface area contributed by atoms with Crippen LogP contribution in [0, 0.1) is 5.92 Å². The number of carbonyl (C=O) groups is 2. The van der Waals surface area contributed by atoms with Gasteiger partial charge in [0.25, 0.3) is 5.91 Å². The summed E-state index contributed by atoms with van der Waals surface area (Å²) in [4.78, 5) is 24.2. The molecule has 1 aromatic heterocycles. The summed E-state index contributed by atoms with van der Waals surface area (Å²) in [5.74, 6) is -1.69. The highest BCUT2D eigenvalue weighted by Crippen LogP contribution is 2.24. The minimum Gasteiger partial charge on any atom is -0.480 e. The molecule has 0 bridgehead atoms. The van der Waals surface area contributed by atoms with Crippen LogP contribution < -0.4 is 5.32 Å². The highest BCUT2D eigenvalue weighted by atomic mass is 16.5. The minimum atomic E-state index is -1.04. The number of rotatable bonds is 5. The Labute approximate surface area is 139 Å². The zero-order valence-corrected chi connectivity index (χ0v) is 13.6. The first-order valence-corrected chi connectivity index (χ1v) is 8.21. The van der Waals surface area contributed by atoms with Crippen molar-refractivity contribution in [3.63, 3.8) is 0 Å². The number of amides is 1. The first-order valence-electron chi connectivity index (χ1n) is 8.21. The lowest BCUT2D eigenvalue weighted by atomic mass is 9.93. The predicted molar refractivity (Wildman–Crippen MR) is 88.0 cm³/mol. The molecule has 6 nitrogen and oxygen atoms in total. The average Bonchev–Trinajstić information content (AvgIpc) is 3.03. The van der Waals surface area contributed by atoms with Crippen molar-refractivity contribution < 1.29 is 23.8 Å². The molecule has 1 aliphatic heterocycles. The number of carboxylic acid groups (broad SMARTS) is 1. The van der Waals surface area contributed by atoms with E-state index in [1.165, 1.54) is 6.26 Å². The highest BCUT2D eigenvalue weighted by Gasteiger charge is 2.32. The highest BCUT2D eigenvalue weighted by molar-refractivity contribution is 6.07. The van der Waals surface area contributed by atoms with Gasteiger partial charge in [-0.1, -0.05) is 13.0 Å². The summed E-state index contributed by atoms with van der Waals surface area (Å²) in [7, 11) is 0. The smallest absolute Gasteiger partial charge is 0.326 e. The fraction of sp³-hybridized carbons (Fsp3) is 0.444. The summed E-state index contributed by atoms with van der Waals surface area (Å²) >= 11 is 0. The number of hydrogen-bond donors (Lipinski definition) is 2. The van der Waals surface area contributed by atoms with Gasteiger partial charge in [0, 0.05) is 17.9 Å². The number of aryl methyl sites for hydroxylation is 1. The summed E-state index contributed by atoms with van der Waals surface area (Å²) in [6.45, 7) is 3.02. The Bertz CT molecular complexity index is 745. The summed E-state index contributed by atoms with van der Waals surface area (Å²) in [5.41, 5.74) is 2.07. The molecule has 6 heteroatoms. The van der Waals surface area contributed by atoms with Gasteiger partial charge in [0.15, 0.2) is 0 Å². The summed E-state index contributed by atoms with van der Waals surface area (Å²) < 4.78 is 10.8. The van der Waals surface area contributed by atoms with Crippen molar-refractivity contribution in [1.29, 1.82) is 0 Å². The Hall–Kier alpha value is -2.34. The van der Waals surface area contributed by atoms with Gasteiger partial charge >= 0.3 is 5.97 Å². The molecule has 2 atom stereocenters. The second kappa shape index (κ2) is 7.05. The largest absolute Gasteiger partial charge is 0.480 e. The van der Waals surface area contributed by atoms with Gasteiger partial charge in [-0.3, -0.25) is 4.79 Å². The van der Waals surface area contributed by atoms with Gasteiger partial charge in [0.05, 0.1) is 12.2 Å². The van der Waals surface area contributed by atoms with E-state index in [1.807, 2.05) is 25.1 Å². The van der Waals surface area contributed by atoms with Crippen LogP contribution in [0.2, 0.25) is 0 Å². The second-order valence-corrected chi connectivity index (χ2v) is 6.10. The maximum absolute atomic E-state index is 12.6. The number of furan rings is 1. The van der Waals surface area contributed by atoms with E-state index in [-0.39, 0.29) is 5.92 Å². The molecule has 3 rings (SSSR count). The van der Waals surface area contributed by atoms with Crippen LogP contribution in [0.4, 0.5) is 0 Å². The van der Waals surface area contributed by atoms with E-state index >= 15 is 0 Å². The molecular formula is C18H21NO5. The van der Waals surface area contributed by atoms with Crippen molar-refractivity contribution in [2.24, 2.45) is 5.92 Å². The molecule has 0 saturated carbocycles. The van der Waals surface area contributed by atoms with Crippen molar-refractivity contribution >= 4 is 22.8 Å². The molecule has 0 radical (unpaired) electrons. The zero-order valence-electron chi connectivity index (χ0n) is 13.6. The molecule has 1 amide bonds. The van der Waals surface area contributed by atoms with Gasteiger partial charge in [-0.2, -0.15) is 0 Å². The maximum Gasteiger partial charge on any atom is 0.326 e. The fourth-order valence-corrected chi connectivity index (χ4v) is 3.10. The van der Waals surface area contributed by atoms with Crippen LogP contribution in [-0.2, 0) is 16.0 Å². The van der Waals surface area contributed by atoms with Crippen LogP contribution in [0.3, 0.4) is 0 Å². The second-order valence-electron chi connectivity index (χ2n) is 6.10. The van der Waals surface area contributed by atoms with Gasteiger partial charge in [0.1, 0.15) is 17.9 Å². The third kappa shape index (κ3) is 3.28. The van der Waals surface area contributed by atoms with Crippen molar-refractivity contribution in [3.05, 3.63) is 35.6 Å². The van der Waals surface area contributed by atoms with Crippen LogP contribution in [-0.4, -0.2) is 36.2 Å². The Morgan fingerprint density at radius 1 is 1.42 bits per heavy atom. The van der Waals surface area contributed by atoms with Gasteiger partial charge in [-0.25, -0.2) is 4.79 Å². The molecule has 128 valence electrons. The van der Waals surface area contributed by atoms with Gasteiger partial charge in [0.2, 0.25) is 0 Å². The topological polar surface area (TPSA) is 88.8 Å². The predicted octanol–water partition coefficient (Wildman–Crippen LogP) is 2.60. The Morgan fingerprint density at radius 3 is 2.92 bits per heavy atom. The Kier molecular flexibility index (Phi) is 4.85. The Morgan fingerprint density at radius 2 is 2.25 bits per heavy atom. The lowest BCUT2D eigenvalue weighted by Gasteiger charge is -2.27. The van der Waals surface area contributed by atoms with Crippen LogP contribution in [0.25, 0.3) is 11.0 Å². The SMILES string of the molecule is CCc1ccc2occ(C(=O)NC(C(=O)O)C3CCCOC3)c2c1. The maximum atomic E-state index is 12.6. The first-order chi connectivity index (χ1) is 11.6. The van der Waals surface area contributed by atoms with E-state index in [2.05, 4.69) is 5.32 Å². The number of nitrogens with one attached hydrogen (secondary N) is 1. The summed E-state index contributed by atoms with van der Waals surface area (Å²) in [5, 5.41) is 12.8. The summed E-state index contributed by atoms with van der Waals surface area (Å²) in [6, 6.07) is 4.73. The van der Waals surface area contributed by atoms with Crippen LogP contribution in [0.1, 0.15) is 35.7 Å². The van der Waals surface area contributed by atoms with E-state index in [1.54, 1.807) is 0 Å². The van der Waals surface area contributed by atoms with Crippen molar-refractivity contribution in [2.45, 2.75) is 32.2 Å². The van der Waals surface area contributed by atoms with E-state index < -0.39 is 17.9 Å². The van der Waals surface area contributed by atoms with Crippen molar-refractivity contribution in [3.8, 4) is 0 Å². The molecule has 0 spiro atoms. The molecule has 2 heterocycles. The molecule has 2 N–H and O–H groups in total. The number of carbonyl (C=O) groups excluding carboxylic acids is 1. The van der Waals surface area contributed by atoms with E-state index in [4.69, 9.17) is 9.15 Å². The van der Waals surface area contributed by atoms with Crippen LogP contribution in [0.5, 0.6) is 0 Å². The fourth-order valence-electron chi connectivity index (χ4n) is 3.10. The molecule has 24 heavy (non-hydrogen) atoms. The first kappa shape index (κ1) is 16.5. The molecule has 2 unspecified atom stereocenters. The van der Waals surface area contributed by atoms with Gasteiger partial charge in [-0.05, 0) is 37.0 Å². The van der Waals surface area contributed by atoms with Gasteiger partial charge in [-0.15, -0.1) is 0 Å². The summed E-state index contributed by atoms with van der Waals surface area (Å²) in [6.07, 6.45) is 3.76. The number of carboxylic acids is 1. The monoisotopic (exact) mass is 331 g/mol. The number of aliphatic carboxylic acids is 1. The standard InChI is InChI=1S/C18H21NO5/c1-2-11-5-6-15-13(8-11)14(10-24-15)17(20)19-16(18(21)22)12-4-3-7-23-9-12/h5-6,8,10,12,16H,2-4,7,9H2,1H3,(H,19,20)(H,21,22). The van der Waals surface area contributed by atoms with E-state index in [9.17, 15) is 14.7 Å². The third-order valence-electron chi connectivity index (χ3n) is 4.51. The lowest BCUT2D eigenvalue weighted by Crippen LogP contribution is -2.48. The quantitative estimate of drug-likeness (QED) is 0.879. The molecule has 1 aromatic carbocycles. The zero-order chi connectivity index (χ0) is 17.1. The molecule has 1 fully saturated rings. The Balaban J connectivity index is 1.83. The van der Waals surface area contributed by atoms with Crippen molar-refractivity contribution in [2.75, 3.05) is 13.2 Å². The van der Waals surface area contributed by atoms with Crippen molar-refractivity contribution in [1.82, 2.24) is 5.32 Å². The number of hydrogen-bond acceptors (Lipinski definition) is 4. The molecule has 0 aliphatic carbocycles. The van der Waals surface area contributed by atoms with E-state index in [0.717, 1.165) is 24.8 Å². The lowest BCUT2D eigenvalue weighted by molar-refractivity contribution is -0.142. The normalized spacial score (nSPS) is 19.1. The van der Waals surface area contributed by atoms with Crippen LogP contribution in [0.15, 0.2) is 28.9 Å². The van der Waals surface area contributed by atoms with Crippen LogP contribution >= 0.6 is 0 Å².